The molecule has 0 aromatic carbocycles. The van der Waals surface area contributed by atoms with E-state index in [-0.39, 0.29) is 26.2 Å². The second kappa shape index (κ2) is 7.13. The van der Waals surface area contributed by atoms with E-state index in [1.54, 1.807) is 17.4 Å². The molecule has 0 aliphatic rings. The molecule has 1 heterocycles. The molecule has 0 radical (unpaired) electrons. The lowest BCUT2D eigenvalue weighted by molar-refractivity contribution is -0.169. The molecule has 0 bridgehead atoms. The SMILES string of the molecule is O=C(NCCCOCc1ccco1)C(F)(F)C(F)F. The molecule has 0 unspecified atom stereocenters. The summed E-state index contributed by atoms with van der Waals surface area (Å²) in [6, 6.07) is 3.39. The van der Waals surface area contributed by atoms with Crippen molar-refractivity contribution in [3.63, 3.8) is 0 Å². The highest BCUT2D eigenvalue weighted by Gasteiger charge is 2.48. The second-order valence-corrected chi connectivity index (χ2v) is 3.67. The van der Waals surface area contributed by atoms with Crippen molar-refractivity contribution in [2.75, 3.05) is 13.2 Å². The van der Waals surface area contributed by atoms with Gasteiger partial charge in [-0.2, -0.15) is 8.78 Å². The molecule has 8 heteroatoms. The molecule has 1 amide bonds. The molecule has 0 aliphatic heterocycles. The van der Waals surface area contributed by atoms with Crippen molar-refractivity contribution in [2.24, 2.45) is 0 Å². The van der Waals surface area contributed by atoms with Gasteiger partial charge in [-0.1, -0.05) is 0 Å². The van der Waals surface area contributed by atoms with Gasteiger partial charge in [0.25, 0.3) is 5.91 Å². The van der Waals surface area contributed by atoms with Crippen LogP contribution in [0.1, 0.15) is 12.2 Å². The monoisotopic (exact) mass is 283 g/mol. The van der Waals surface area contributed by atoms with E-state index >= 15 is 0 Å². The molecule has 4 nitrogen and oxygen atoms in total. The van der Waals surface area contributed by atoms with E-state index in [0.717, 1.165) is 0 Å². The van der Waals surface area contributed by atoms with Crippen LogP contribution in [-0.2, 0) is 16.1 Å². The van der Waals surface area contributed by atoms with Crippen LogP contribution in [0.2, 0.25) is 0 Å². The lowest BCUT2D eigenvalue weighted by Crippen LogP contribution is -2.45. The molecule has 108 valence electrons. The van der Waals surface area contributed by atoms with Gasteiger partial charge in [-0.25, -0.2) is 8.78 Å². The number of furan rings is 1. The lowest BCUT2D eigenvalue weighted by Gasteiger charge is -2.14. The van der Waals surface area contributed by atoms with Crippen molar-refractivity contribution in [2.45, 2.75) is 25.4 Å². The van der Waals surface area contributed by atoms with E-state index in [9.17, 15) is 22.4 Å². The number of halogens is 4. The Kier molecular flexibility index (Phi) is 5.81. The molecule has 0 atom stereocenters. The lowest BCUT2D eigenvalue weighted by atomic mass is 10.3. The van der Waals surface area contributed by atoms with E-state index in [4.69, 9.17) is 9.15 Å². The average Bonchev–Trinajstić information content (AvgIpc) is 2.85. The molecule has 0 fully saturated rings. The van der Waals surface area contributed by atoms with Crippen molar-refractivity contribution in [3.8, 4) is 0 Å². The predicted octanol–water partition coefficient (Wildman–Crippen LogP) is 2.20. The van der Waals surface area contributed by atoms with Crippen LogP contribution in [0.5, 0.6) is 0 Å². The van der Waals surface area contributed by atoms with Gasteiger partial charge in [0.2, 0.25) is 0 Å². The Balaban J connectivity index is 2.09. The van der Waals surface area contributed by atoms with Crippen molar-refractivity contribution in [1.29, 1.82) is 0 Å². The minimum absolute atomic E-state index is 0.167. The number of nitrogens with one attached hydrogen (secondary N) is 1. The van der Waals surface area contributed by atoms with E-state index in [2.05, 4.69) is 0 Å². The maximum atomic E-state index is 12.5. The van der Waals surface area contributed by atoms with Crippen molar-refractivity contribution in [1.82, 2.24) is 5.32 Å². The van der Waals surface area contributed by atoms with Gasteiger partial charge in [0.05, 0.1) is 6.26 Å². The van der Waals surface area contributed by atoms with Gasteiger partial charge in [-0.05, 0) is 18.6 Å². The Hall–Kier alpha value is -1.57. The Morgan fingerprint density at radius 2 is 2.21 bits per heavy atom. The molecule has 19 heavy (non-hydrogen) atoms. The molecule has 1 rings (SSSR count). The van der Waals surface area contributed by atoms with Gasteiger partial charge >= 0.3 is 12.3 Å². The first kappa shape index (κ1) is 15.5. The van der Waals surface area contributed by atoms with Crippen LogP contribution in [0, 0.1) is 0 Å². The van der Waals surface area contributed by atoms with Gasteiger partial charge in [0.1, 0.15) is 12.4 Å². The maximum absolute atomic E-state index is 12.5. The van der Waals surface area contributed by atoms with E-state index < -0.39 is 18.3 Å². The minimum atomic E-state index is -4.66. The first-order chi connectivity index (χ1) is 8.94. The fourth-order valence-corrected chi connectivity index (χ4v) is 1.16. The van der Waals surface area contributed by atoms with Crippen LogP contribution < -0.4 is 5.32 Å². The number of ether oxygens (including phenoxy) is 1. The summed E-state index contributed by atoms with van der Waals surface area (Å²) in [5.74, 6) is -6.03. The third-order valence-corrected chi connectivity index (χ3v) is 2.15. The molecule has 0 saturated heterocycles. The summed E-state index contributed by atoms with van der Waals surface area (Å²) in [5, 5.41) is 1.73. The predicted molar refractivity (Wildman–Crippen MR) is 56.9 cm³/mol. The van der Waals surface area contributed by atoms with Gasteiger partial charge in [-0.15, -0.1) is 0 Å². The summed E-state index contributed by atoms with van der Waals surface area (Å²) in [4.78, 5) is 10.7. The van der Waals surface area contributed by atoms with Crippen LogP contribution in [0.15, 0.2) is 22.8 Å². The molecule has 0 spiro atoms. The number of hydrogen-bond acceptors (Lipinski definition) is 3. The molecular formula is C11H13F4NO3. The third kappa shape index (κ3) is 4.90. The van der Waals surface area contributed by atoms with Crippen molar-refractivity contribution >= 4 is 5.91 Å². The van der Waals surface area contributed by atoms with Crippen LogP contribution in [-0.4, -0.2) is 31.4 Å². The Morgan fingerprint density at radius 1 is 1.47 bits per heavy atom. The number of carbonyl (C=O) groups is 1. The van der Waals surface area contributed by atoms with Crippen molar-refractivity contribution < 1.29 is 31.5 Å². The first-order valence-corrected chi connectivity index (χ1v) is 5.49. The summed E-state index contributed by atoms with van der Waals surface area (Å²) < 4.78 is 58.7. The average molecular weight is 283 g/mol. The molecule has 0 aliphatic carbocycles. The molecule has 0 saturated carbocycles. The normalized spacial score (nSPS) is 11.8. The summed E-state index contributed by atoms with van der Waals surface area (Å²) in [6.07, 6.45) is -2.31. The topological polar surface area (TPSA) is 51.5 Å². The van der Waals surface area contributed by atoms with Crippen LogP contribution in [0.3, 0.4) is 0 Å². The minimum Gasteiger partial charge on any atom is -0.467 e. The zero-order valence-electron chi connectivity index (χ0n) is 9.87. The Morgan fingerprint density at radius 3 is 2.79 bits per heavy atom. The van der Waals surface area contributed by atoms with E-state index in [1.165, 1.54) is 6.26 Å². The van der Waals surface area contributed by atoms with E-state index in [0.29, 0.717) is 5.76 Å². The third-order valence-electron chi connectivity index (χ3n) is 2.15. The quantitative estimate of drug-likeness (QED) is 0.588. The molecular weight excluding hydrogens is 270 g/mol. The van der Waals surface area contributed by atoms with Crippen LogP contribution >= 0.6 is 0 Å². The van der Waals surface area contributed by atoms with Gasteiger partial charge in [-0.3, -0.25) is 4.79 Å². The Labute approximate surface area is 106 Å². The smallest absolute Gasteiger partial charge is 0.383 e. The van der Waals surface area contributed by atoms with Crippen molar-refractivity contribution in [3.05, 3.63) is 24.2 Å². The van der Waals surface area contributed by atoms with Crippen LogP contribution in [0.25, 0.3) is 0 Å². The highest BCUT2D eigenvalue weighted by Crippen LogP contribution is 2.22. The summed E-state index contributed by atoms with van der Waals surface area (Å²) in [6.45, 7) is 0.231. The largest absolute Gasteiger partial charge is 0.467 e. The fourth-order valence-electron chi connectivity index (χ4n) is 1.16. The molecule has 1 aromatic heterocycles. The standard InChI is InChI=1S/C11H13F4NO3/c12-9(13)11(14,15)10(17)16-4-2-5-18-7-8-3-1-6-19-8/h1,3,6,9H,2,4-5,7H2,(H,16,17). The second-order valence-electron chi connectivity index (χ2n) is 3.67. The summed E-state index contributed by atoms with van der Waals surface area (Å²) >= 11 is 0. The molecule has 1 aromatic rings. The van der Waals surface area contributed by atoms with Gasteiger partial charge in [0, 0.05) is 13.2 Å². The van der Waals surface area contributed by atoms with Gasteiger partial charge in [0.15, 0.2) is 0 Å². The highest BCUT2D eigenvalue weighted by atomic mass is 19.3. The number of alkyl halides is 4. The van der Waals surface area contributed by atoms with E-state index in [1.807, 2.05) is 0 Å². The molecule has 1 N–H and O–H groups in total. The Bertz CT molecular complexity index is 381. The maximum Gasteiger partial charge on any atom is 0.383 e. The highest BCUT2D eigenvalue weighted by molar-refractivity contribution is 5.83. The first-order valence-electron chi connectivity index (χ1n) is 5.49. The fraction of sp³-hybridized carbons (Fsp3) is 0.545. The number of amides is 1. The zero-order chi connectivity index (χ0) is 14.3. The van der Waals surface area contributed by atoms with Gasteiger partial charge < -0.3 is 14.5 Å². The summed E-state index contributed by atoms with van der Waals surface area (Å²) in [7, 11) is 0. The number of hydrogen-bond donors (Lipinski definition) is 1. The number of rotatable bonds is 8. The zero-order valence-corrected chi connectivity index (χ0v) is 9.87. The van der Waals surface area contributed by atoms with Crippen LogP contribution in [0.4, 0.5) is 17.6 Å². The summed E-state index contributed by atoms with van der Waals surface area (Å²) in [5.41, 5.74) is 0. The number of carbonyl (C=O) groups excluding carboxylic acids is 1.